The van der Waals surface area contributed by atoms with Crippen molar-refractivity contribution in [2.45, 2.75) is 20.0 Å². The number of hydrogen-bond acceptors (Lipinski definition) is 4. The van der Waals surface area contributed by atoms with Gasteiger partial charge < -0.3 is 9.88 Å². The van der Waals surface area contributed by atoms with Crippen molar-refractivity contribution in [1.29, 1.82) is 5.26 Å². The van der Waals surface area contributed by atoms with Crippen LogP contribution in [0.25, 0.3) is 0 Å². The maximum absolute atomic E-state index is 11.0. The predicted octanol–water partition coefficient (Wildman–Crippen LogP) is 2.90. The van der Waals surface area contributed by atoms with E-state index in [0.717, 1.165) is 12.1 Å². The first-order valence-corrected chi connectivity index (χ1v) is 6.21. The molecule has 0 fully saturated rings. The van der Waals surface area contributed by atoms with Gasteiger partial charge in [-0.05, 0) is 30.7 Å². The van der Waals surface area contributed by atoms with Gasteiger partial charge in [0.05, 0.1) is 16.6 Å². The van der Waals surface area contributed by atoms with Gasteiger partial charge in [-0.3, -0.25) is 10.1 Å². The standard InChI is InChI=1S/C14H14N4O2/c1-2-17-6-5-12(10-17)9-16-13-4-3-11(8-15)7-14(13)18(19)20/h3-7,10,16H,2,9H2,1H3. The Kier molecular flexibility index (Phi) is 4.01. The van der Waals surface area contributed by atoms with E-state index in [1.54, 1.807) is 12.1 Å². The summed E-state index contributed by atoms with van der Waals surface area (Å²) < 4.78 is 2.03. The van der Waals surface area contributed by atoms with Gasteiger partial charge in [-0.1, -0.05) is 0 Å². The summed E-state index contributed by atoms with van der Waals surface area (Å²) in [4.78, 5) is 10.5. The maximum atomic E-state index is 11.0. The smallest absolute Gasteiger partial charge is 0.293 e. The molecule has 1 aromatic carbocycles. The molecule has 20 heavy (non-hydrogen) atoms. The third-order valence-corrected chi connectivity index (χ3v) is 2.98. The molecule has 0 atom stereocenters. The molecule has 0 aliphatic rings. The van der Waals surface area contributed by atoms with Gasteiger partial charge in [0.15, 0.2) is 0 Å². The van der Waals surface area contributed by atoms with Crippen LogP contribution in [0, 0.1) is 21.4 Å². The van der Waals surface area contributed by atoms with Crippen LogP contribution in [0.15, 0.2) is 36.7 Å². The molecule has 0 saturated heterocycles. The normalized spacial score (nSPS) is 10.0. The van der Waals surface area contributed by atoms with Gasteiger partial charge in [0, 0.05) is 31.5 Å². The summed E-state index contributed by atoms with van der Waals surface area (Å²) in [7, 11) is 0. The molecule has 1 aromatic heterocycles. The number of nitrogens with one attached hydrogen (secondary N) is 1. The van der Waals surface area contributed by atoms with Crippen LogP contribution in [0.5, 0.6) is 0 Å². The Morgan fingerprint density at radius 2 is 2.25 bits per heavy atom. The molecule has 0 aliphatic heterocycles. The second-order valence-electron chi connectivity index (χ2n) is 4.30. The maximum Gasteiger partial charge on any atom is 0.293 e. The highest BCUT2D eigenvalue weighted by Crippen LogP contribution is 2.25. The predicted molar refractivity (Wildman–Crippen MR) is 75.2 cm³/mol. The van der Waals surface area contributed by atoms with Crippen LogP contribution in [0.2, 0.25) is 0 Å². The van der Waals surface area contributed by atoms with Crippen molar-refractivity contribution in [1.82, 2.24) is 4.57 Å². The Labute approximate surface area is 116 Å². The van der Waals surface area contributed by atoms with E-state index in [0.29, 0.717) is 12.2 Å². The summed E-state index contributed by atoms with van der Waals surface area (Å²) in [5.74, 6) is 0. The minimum absolute atomic E-state index is 0.0843. The van der Waals surface area contributed by atoms with E-state index in [1.807, 2.05) is 36.0 Å². The van der Waals surface area contributed by atoms with Crippen molar-refractivity contribution < 1.29 is 4.92 Å². The molecule has 0 spiro atoms. The van der Waals surface area contributed by atoms with Gasteiger partial charge >= 0.3 is 0 Å². The average molecular weight is 270 g/mol. The van der Waals surface area contributed by atoms with Crippen LogP contribution >= 0.6 is 0 Å². The molecule has 2 rings (SSSR count). The molecule has 0 saturated carbocycles. The minimum atomic E-state index is -0.486. The van der Waals surface area contributed by atoms with Gasteiger partial charge in [-0.15, -0.1) is 0 Å². The van der Waals surface area contributed by atoms with E-state index in [1.165, 1.54) is 6.07 Å². The van der Waals surface area contributed by atoms with Crippen LogP contribution in [0.1, 0.15) is 18.1 Å². The molecule has 0 aliphatic carbocycles. The van der Waals surface area contributed by atoms with Crippen LogP contribution in [0.4, 0.5) is 11.4 Å². The van der Waals surface area contributed by atoms with Gasteiger partial charge in [0.25, 0.3) is 5.69 Å². The van der Waals surface area contributed by atoms with Crippen molar-refractivity contribution in [2.75, 3.05) is 5.32 Å². The summed E-state index contributed by atoms with van der Waals surface area (Å²) in [5, 5.41) is 22.8. The number of nitriles is 1. The number of aromatic nitrogens is 1. The third kappa shape index (κ3) is 2.95. The molecule has 6 heteroatoms. The molecule has 0 bridgehead atoms. The molecule has 102 valence electrons. The van der Waals surface area contributed by atoms with Crippen LogP contribution in [0.3, 0.4) is 0 Å². The summed E-state index contributed by atoms with van der Waals surface area (Å²) in [6.07, 6.45) is 3.95. The second kappa shape index (κ2) is 5.89. The second-order valence-corrected chi connectivity index (χ2v) is 4.30. The fourth-order valence-corrected chi connectivity index (χ4v) is 1.89. The Morgan fingerprint density at radius 1 is 1.45 bits per heavy atom. The zero-order chi connectivity index (χ0) is 14.5. The lowest BCUT2D eigenvalue weighted by atomic mass is 10.2. The molecular weight excluding hydrogens is 256 g/mol. The summed E-state index contributed by atoms with van der Waals surface area (Å²) >= 11 is 0. The van der Waals surface area contributed by atoms with Gasteiger partial charge in [-0.2, -0.15) is 5.26 Å². The third-order valence-electron chi connectivity index (χ3n) is 2.98. The molecule has 0 unspecified atom stereocenters. The van der Waals surface area contributed by atoms with Crippen LogP contribution in [-0.4, -0.2) is 9.49 Å². The topological polar surface area (TPSA) is 83.9 Å². The van der Waals surface area contributed by atoms with Crippen LogP contribution in [-0.2, 0) is 13.1 Å². The monoisotopic (exact) mass is 270 g/mol. The van der Waals surface area contributed by atoms with E-state index in [-0.39, 0.29) is 11.3 Å². The van der Waals surface area contributed by atoms with Crippen molar-refractivity contribution in [2.24, 2.45) is 0 Å². The van der Waals surface area contributed by atoms with Gasteiger partial charge in [-0.25, -0.2) is 0 Å². The molecule has 2 aromatic rings. The lowest BCUT2D eigenvalue weighted by Gasteiger charge is -2.06. The molecule has 0 radical (unpaired) electrons. The Bertz CT molecular complexity index is 670. The molecule has 6 nitrogen and oxygen atoms in total. The van der Waals surface area contributed by atoms with E-state index in [4.69, 9.17) is 5.26 Å². The molecule has 1 N–H and O–H groups in total. The number of hydrogen-bond donors (Lipinski definition) is 1. The van der Waals surface area contributed by atoms with E-state index < -0.39 is 4.92 Å². The van der Waals surface area contributed by atoms with E-state index in [2.05, 4.69) is 5.32 Å². The highest BCUT2D eigenvalue weighted by molar-refractivity contribution is 5.64. The number of nitro groups is 1. The van der Waals surface area contributed by atoms with Gasteiger partial charge in [0.1, 0.15) is 5.69 Å². The highest BCUT2D eigenvalue weighted by atomic mass is 16.6. The number of aryl methyl sites for hydroxylation is 1. The first-order chi connectivity index (χ1) is 9.63. The first-order valence-electron chi connectivity index (χ1n) is 6.21. The lowest BCUT2D eigenvalue weighted by molar-refractivity contribution is -0.384. The van der Waals surface area contributed by atoms with Crippen molar-refractivity contribution in [3.63, 3.8) is 0 Å². The Morgan fingerprint density at radius 3 is 2.85 bits per heavy atom. The van der Waals surface area contributed by atoms with Crippen LogP contribution < -0.4 is 5.32 Å². The quantitative estimate of drug-likeness (QED) is 0.668. The zero-order valence-electron chi connectivity index (χ0n) is 11.0. The highest BCUT2D eigenvalue weighted by Gasteiger charge is 2.14. The van der Waals surface area contributed by atoms with Crippen molar-refractivity contribution >= 4 is 11.4 Å². The average Bonchev–Trinajstić information content (AvgIpc) is 2.92. The lowest BCUT2D eigenvalue weighted by Crippen LogP contribution is -2.02. The molecular formula is C14H14N4O2. The fourth-order valence-electron chi connectivity index (χ4n) is 1.89. The zero-order valence-corrected chi connectivity index (χ0v) is 11.0. The van der Waals surface area contributed by atoms with Crippen molar-refractivity contribution in [3.8, 4) is 6.07 Å². The van der Waals surface area contributed by atoms with E-state index in [9.17, 15) is 10.1 Å². The number of anilines is 1. The summed E-state index contributed by atoms with van der Waals surface area (Å²) in [6, 6.07) is 8.27. The number of nitro benzene ring substituents is 1. The molecule has 1 heterocycles. The SMILES string of the molecule is CCn1ccc(CNc2ccc(C#N)cc2[N+](=O)[O-])c1. The number of rotatable bonds is 5. The first kappa shape index (κ1) is 13.6. The minimum Gasteiger partial charge on any atom is -0.375 e. The number of benzene rings is 1. The Hall–Kier alpha value is -2.81. The molecule has 0 amide bonds. The summed E-state index contributed by atoms with van der Waals surface area (Å²) in [6.45, 7) is 3.43. The number of nitrogens with zero attached hydrogens (tertiary/aromatic N) is 3. The van der Waals surface area contributed by atoms with Gasteiger partial charge in [0.2, 0.25) is 0 Å². The summed E-state index contributed by atoms with van der Waals surface area (Å²) in [5.41, 5.74) is 1.65. The van der Waals surface area contributed by atoms with Crippen molar-refractivity contribution in [3.05, 3.63) is 57.9 Å². The largest absolute Gasteiger partial charge is 0.375 e. The van der Waals surface area contributed by atoms with E-state index >= 15 is 0 Å². The fraction of sp³-hybridized carbons (Fsp3) is 0.214. The Balaban J connectivity index is 2.16.